The SMILES string of the molecule is CC(C)C[C@H](N)C(=O)Nc1ccc(CCC(=O)N2CCCC2)cc1. The van der Waals surface area contributed by atoms with E-state index in [0.717, 1.165) is 43.6 Å². The molecule has 0 aromatic heterocycles. The zero-order chi connectivity index (χ0) is 17.5. The van der Waals surface area contributed by atoms with Crippen LogP contribution < -0.4 is 11.1 Å². The van der Waals surface area contributed by atoms with Crippen LogP contribution in [0.15, 0.2) is 24.3 Å². The molecule has 132 valence electrons. The number of nitrogens with one attached hydrogen (secondary N) is 1. The first kappa shape index (κ1) is 18.5. The third-order valence-corrected chi connectivity index (χ3v) is 4.37. The van der Waals surface area contributed by atoms with Gasteiger partial charge >= 0.3 is 0 Å². The highest BCUT2D eigenvalue weighted by Gasteiger charge is 2.17. The average Bonchev–Trinajstić information content (AvgIpc) is 3.07. The quantitative estimate of drug-likeness (QED) is 0.806. The Morgan fingerprint density at radius 1 is 1.17 bits per heavy atom. The van der Waals surface area contributed by atoms with Crippen LogP contribution >= 0.6 is 0 Å². The zero-order valence-corrected chi connectivity index (χ0v) is 14.8. The number of nitrogens with zero attached hydrogens (tertiary/aromatic N) is 1. The number of likely N-dealkylation sites (tertiary alicyclic amines) is 1. The highest BCUT2D eigenvalue weighted by atomic mass is 16.2. The number of benzene rings is 1. The molecule has 0 bridgehead atoms. The van der Waals surface area contributed by atoms with Crippen molar-refractivity contribution in [3.05, 3.63) is 29.8 Å². The molecule has 3 N–H and O–H groups in total. The molecule has 1 heterocycles. The number of carbonyl (C=O) groups is 2. The first-order valence-corrected chi connectivity index (χ1v) is 8.89. The van der Waals surface area contributed by atoms with Gasteiger partial charge in [-0.3, -0.25) is 9.59 Å². The molecule has 0 aliphatic carbocycles. The largest absolute Gasteiger partial charge is 0.343 e. The van der Waals surface area contributed by atoms with Crippen LogP contribution in [-0.4, -0.2) is 35.8 Å². The van der Waals surface area contributed by atoms with Crippen molar-refractivity contribution in [1.29, 1.82) is 0 Å². The molecule has 1 aliphatic rings. The van der Waals surface area contributed by atoms with Crippen molar-refractivity contribution in [3.63, 3.8) is 0 Å². The fourth-order valence-corrected chi connectivity index (χ4v) is 2.98. The molecule has 0 unspecified atom stereocenters. The van der Waals surface area contributed by atoms with Crippen molar-refractivity contribution >= 4 is 17.5 Å². The minimum absolute atomic E-state index is 0.152. The van der Waals surface area contributed by atoms with Crippen molar-refractivity contribution in [3.8, 4) is 0 Å². The minimum atomic E-state index is -0.484. The Bertz CT molecular complexity index is 548. The first-order valence-electron chi connectivity index (χ1n) is 8.89. The van der Waals surface area contributed by atoms with Crippen molar-refractivity contribution in [2.24, 2.45) is 11.7 Å². The summed E-state index contributed by atoms with van der Waals surface area (Å²) in [6, 6.07) is 7.18. The lowest BCUT2D eigenvalue weighted by Crippen LogP contribution is -2.36. The highest BCUT2D eigenvalue weighted by molar-refractivity contribution is 5.94. The lowest BCUT2D eigenvalue weighted by molar-refractivity contribution is -0.130. The van der Waals surface area contributed by atoms with Crippen molar-refractivity contribution in [2.75, 3.05) is 18.4 Å². The molecule has 1 aliphatic heterocycles. The Morgan fingerprint density at radius 2 is 1.79 bits per heavy atom. The molecule has 2 amide bonds. The van der Waals surface area contributed by atoms with Gasteiger partial charge in [-0.1, -0.05) is 26.0 Å². The number of hydrogen-bond acceptors (Lipinski definition) is 3. The molecular formula is C19H29N3O2. The molecule has 1 saturated heterocycles. The molecule has 0 radical (unpaired) electrons. The molecule has 5 nitrogen and oxygen atoms in total. The fourth-order valence-electron chi connectivity index (χ4n) is 2.98. The van der Waals surface area contributed by atoms with Crippen molar-refractivity contribution in [2.45, 2.75) is 52.0 Å². The second kappa shape index (κ2) is 8.83. The van der Waals surface area contributed by atoms with Gasteiger partial charge in [0.2, 0.25) is 11.8 Å². The van der Waals surface area contributed by atoms with Crippen LogP contribution in [0.1, 0.15) is 45.1 Å². The summed E-state index contributed by atoms with van der Waals surface area (Å²) in [5.41, 5.74) is 7.73. The van der Waals surface area contributed by atoms with E-state index in [1.54, 1.807) is 0 Å². The summed E-state index contributed by atoms with van der Waals surface area (Å²) in [7, 11) is 0. The lowest BCUT2D eigenvalue weighted by atomic mass is 10.0. The number of carbonyl (C=O) groups excluding carboxylic acids is 2. The molecule has 2 rings (SSSR count). The van der Waals surface area contributed by atoms with E-state index in [4.69, 9.17) is 5.73 Å². The number of nitrogens with two attached hydrogens (primary N) is 1. The van der Waals surface area contributed by atoms with Gasteiger partial charge in [0, 0.05) is 25.2 Å². The Kier molecular flexibility index (Phi) is 6.79. The van der Waals surface area contributed by atoms with E-state index in [1.165, 1.54) is 0 Å². The maximum atomic E-state index is 12.0. The summed E-state index contributed by atoms with van der Waals surface area (Å²) < 4.78 is 0. The Morgan fingerprint density at radius 3 is 2.38 bits per heavy atom. The van der Waals surface area contributed by atoms with Crippen LogP contribution in [0.4, 0.5) is 5.69 Å². The highest BCUT2D eigenvalue weighted by Crippen LogP contribution is 2.14. The summed E-state index contributed by atoms with van der Waals surface area (Å²) in [6.45, 7) is 5.90. The van der Waals surface area contributed by atoms with Crippen molar-refractivity contribution in [1.82, 2.24) is 4.90 Å². The number of amides is 2. The first-order chi connectivity index (χ1) is 11.5. The van der Waals surface area contributed by atoms with Gasteiger partial charge in [0.15, 0.2) is 0 Å². The Balaban J connectivity index is 1.79. The molecular weight excluding hydrogens is 302 g/mol. The summed E-state index contributed by atoms with van der Waals surface area (Å²) in [5, 5.41) is 2.84. The molecule has 5 heteroatoms. The van der Waals surface area contributed by atoms with Gasteiger partial charge in [0.1, 0.15) is 0 Å². The van der Waals surface area contributed by atoms with E-state index in [1.807, 2.05) is 43.0 Å². The molecule has 0 spiro atoms. The number of aryl methyl sites for hydroxylation is 1. The lowest BCUT2D eigenvalue weighted by Gasteiger charge is -2.15. The summed E-state index contributed by atoms with van der Waals surface area (Å²) in [5.74, 6) is 0.478. The second-order valence-corrected chi connectivity index (χ2v) is 7.01. The standard InChI is InChI=1S/C19H29N3O2/c1-14(2)13-17(20)19(24)21-16-8-5-15(6-9-16)7-10-18(23)22-11-3-4-12-22/h5-6,8-9,14,17H,3-4,7,10-13,20H2,1-2H3,(H,21,24)/t17-/m0/s1. The average molecular weight is 331 g/mol. The van der Waals surface area contributed by atoms with Crippen LogP contribution in [0.5, 0.6) is 0 Å². The van der Waals surface area contributed by atoms with Crippen LogP contribution in [0.3, 0.4) is 0 Å². The molecule has 1 atom stereocenters. The van der Waals surface area contributed by atoms with Gasteiger partial charge in [-0.25, -0.2) is 0 Å². The topological polar surface area (TPSA) is 75.4 Å². The maximum Gasteiger partial charge on any atom is 0.241 e. The van der Waals surface area contributed by atoms with E-state index >= 15 is 0 Å². The predicted molar refractivity (Wildman–Crippen MR) is 96.6 cm³/mol. The third-order valence-electron chi connectivity index (χ3n) is 4.37. The Labute approximate surface area is 144 Å². The number of hydrogen-bond donors (Lipinski definition) is 2. The molecule has 1 aromatic carbocycles. The Hall–Kier alpha value is -1.88. The van der Waals surface area contributed by atoms with Gasteiger partial charge in [-0.2, -0.15) is 0 Å². The number of rotatable bonds is 7. The summed E-state index contributed by atoms with van der Waals surface area (Å²) in [6.07, 6.45) is 4.20. The molecule has 24 heavy (non-hydrogen) atoms. The minimum Gasteiger partial charge on any atom is -0.343 e. The third kappa shape index (κ3) is 5.64. The van der Waals surface area contributed by atoms with Gasteiger partial charge in [-0.15, -0.1) is 0 Å². The van der Waals surface area contributed by atoms with Gasteiger partial charge < -0.3 is 16.0 Å². The maximum absolute atomic E-state index is 12.0. The van der Waals surface area contributed by atoms with Crippen LogP contribution in [0.2, 0.25) is 0 Å². The van der Waals surface area contributed by atoms with E-state index < -0.39 is 6.04 Å². The fraction of sp³-hybridized carbons (Fsp3) is 0.579. The van der Waals surface area contributed by atoms with Crippen LogP contribution in [0, 0.1) is 5.92 Å². The molecule has 1 fully saturated rings. The van der Waals surface area contributed by atoms with E-state index in [9.17, 15) is 9.59 Å². The smallest absolute Gasteiger partial charge is 0.241 e. The molecule has 1 aromatic rings. The number of anilines is 1. The van der Waals surface area contributed by atoms with Gasteiger partial charge in [0.25, 0.3) is 0 Å². The van der Waals surface area contributed by atoms with Crippen LogP contribution in [-0.2, 0) is 16.0 Å². The van der Waals surface area contributed by atoms with Crippen molar-refractivity contribution < 1.29 is 9.59 Å². The van der Waals surface area contributed by atoms with E-state index in [-0.39, 0.29) is 11.8 Å². The summed E-state index contributed by atoms with van der Waals surface area (Å²) in [4.78, 5) is 26.0. The van der Waals surface area contributed by atoms with Crippen LogP contribution in [0.25, 0.3) is 0 Å². The van der Waals surface area contributed by atoms with E-state index in [2.05, 4.69) is 5.32 Å². The second-order valence-electron chi connectivity index (χ2n) is 7.01. The summed E-state index contributed by atoms with van der Waals surface area (Å²) >= 11 is 0. The predicted octanol–water partition coefficient (Wildman–Crippen LogP) is 2.55. The van der Waals surface area contributed by atoms with E-state index in [0.29, 0.717) is 18.8 Å². The zero-order valence-electron chi connectivity index (χ0n) is 14.8. The normalized spacial score (nSPS) is 15.6. The monoisotopic (exact) mass is 331 g/mol. The van der Waals surface area contributed by atoms with Gasteiger partial charge in [-0.05, 0) is 49.3 Å². The molecule has 0 saturated carbocycles. The van der Waals surface area contributed by atoms with Gasteiger partial charge in [0.05, 0.1) is 6.04 Å².